The number of morpholine rings is 1. The van der Waals surface area contributed by atoms with Crippen LogP contribution in [0.4, 0.5) is 5.82 Å². The van der Waals surface area contributed by atoms with Gasteiger partial charge in [0.05, 0.1) is 30.4 Å². The zero-order valence-corrected chi connectivity index (χ0v) is 16.0. The molecule has 2 aliphatic rings. The van der Waals surface area contributed by atoms with Crippen LogP contribution < -0.4 is 4.90 Å². The summed E-state index contributed by atoms with van der Waals surface area (Å²) in [6.45, 7) is 2.30. The summed E-state index contributed by atoms with van der Waals surface area (Å²) >= 11 is 0. The number of anilines is 1. The number of fused-ring (bicyclic) bond motifs is 3. The lowest BCUT2D eigenvalue weighted by Gasteiger charge is -2.41. The molecule has 0 N–H and O–H groups in total. The number of benzene rings is 2. The summed E-state index contributed by atoms with van der Waals surface area (Å²) in [7, 11) is 0. The van der Waals surface area contributed by atoms with E-state index in [0.29, 0.717) is 6.61 Å². The van der Waals surface area contributed by atoms with E-state index in [4.69, 9.17) is 4.74 Å². The molecule has 2 aromatic heterocycles. The number of rotatable bonds is 2. The van der Waals surface area contributed by atoms with E-state index in [1.807, 2.05) is 41.2 Å². The van der Waals surface area contributed by atoms with Crippen molar-refractivity contribution >= 4 is 16.9 Å². The van der Waals surface area contributed by atoms with Gasteiger partial charge < -0.3 is 9.64 Å². The normalized spacial score (nSPS) is 21.0. The first-order chi connectivity index (χ1) is 14.3. The van der Waals surface area contributed by atoms with Gasteiger partial charge in [-0.15, -0.1) is 0 Å². The van der Waals surface area contributed by atoms with E-state index in [2.05, 4.69) is 44.2 Å². The molecule has 0 saturated carbocycles. The van der Waals surface area contributed by atoms with Crippen LogP contribution in [0.2, 0.25) is 0 Å². The first-order valence-corrected chi connectivity index (χ1v) is 10.1. The van der Waals surface area contributed by atoms with Crippen LogP contribution in [-0.2, 0) is 16.8 Å². The Bertz CT molecular complexity index is 1180. The second kappa shape index (κ2) is 6.39. The summed E-state index contributed by atoms with van der Waals surface area (Å²) in [5.74, 6) is 0.934. The van der Waals surface area contributed by atoms with Crippen molar-refractivity contribution in [2.75, 3.05) is 24.6 Å². The van der Waals surface area contributed by atoms with Crippen LogP contribution in [0, 0.1) is 0 Å². The Morgan fingerprint density at radius 1 is 0.966 bits per heavy atom. The molecule has 4 aromatic rings. The fourth-order valence-electron chi connectivity index (χ4n) is 4.78. The topological polar surface area (TPSA) is 56.1 Å². The first kappa shape index (κ1) is 16.7. The molecule has 1 fully saturated rings. The summed E-state index contributed by atoms with van der Waals surface area (Å²) in [5, 5.41) is 5.57. The van der Waals surface area contributed by atoms with Crippen LogP contribution in [0.5, 0.6) is 0 Å². The number of aromatic nitrogens is 4. The van der Waals surface area contributed by atoms with Gasteiger partial charge >= 0.3 is 0 Å². The first-order valence-electron chi connectivity index (χ1n) is 10.1. The van der Waals surface area contributed by atoms with Crippen LogP contribution >= 0.6 is 0 Å². The zero-order chi connectivity index (χ0) is 19.3. The van der Waals surface area contributed by atoms with E-state index >= 15 is 0 Å². The Morgan fingerprint density at radius 3 is 2.76 bits per heavy atom. The Labute approximate surface area is 168 Å². The van der Waals surface area contributed by atoms with E-state index in [0.717, 1.165) is 48.5 Å². The second-order valence-electron chi connectivity index (χ2n) is 7.75. The molecule has 6 nitrogen and oxygen atoms in total. The van der Waals surface area contributed by atoms with Gasteiger partial charge in [0.2, 0.25) is 0 Å². The molecule has 1 saturated heterocycles. The number of ether oxygens (including phenoxy) is 1. The second-order valence-corrected chi connectivity index (χ2v) is 7.75. The molecule has 1 aliphatic carbocycles. The van der Waals surface area contributed by atoms with Gasteiger partial charge in [0.1, 0.15) is 17.7 Å². The lowest BCUT2D eigenvalue weighted by molar-refractivity contribution is -0.0593. The molecule has 0 radical (unpaired) electrons. The molecule has 144 valence electrons. The predicted octanol–water partition coefficient (Wildman–Crippen LogP) is 3.49. The maximum absolute atomic E-state index is 6.39. The molecular weight excluding hydrogens is 362 g/mol. The van der Waals surface area contributed by atoms with Gasteiger partial charge in [0.15, 0.2) is 5.65 Å². The van der Waals surface area contributed by atoms with Crippen molar-refractivity contribution in [2.24, 2.45) is 0 Å². The van der Waals surface area contributed by atoms with Gasteiger partial charge in [-0.2, -0.15) is 5.10 Å². The molecule has 0 amide bonds. The van der Waals surface area contributed by atoms with Crippen LogP contribution in [-0.4, -0.2) is 39.4 Å². The van der Waals surface area contributed by atoms with Gasteiger partial charge in [-0.3, -0.25) is 0 Å². The standard InChI is InChI=1S/C23H21N5O/c1-2-7-18(8-3-1)28-22-19(14-26-28)21(24-16-25-22)27-12-13-29-23(15-27)11-10-17-6-4-5-9-20(17)23/h1-9,14,16H,10-13,15H2. The number of hydrogen-bond donors (Lipinski definition) is 0. The van der Waals surface area contributed by atoms with E-state index in [9.17, 15) is 0 Å². The summed E-state index contributed by atoms with van der Waals surface area (Å²) in [5.41, 5.74) is 4.31. The molecular formula is C23H21N5O. The maximum Gasteiger partial charge on any atom is 0.168 e. The highest BCUT2D eigenvalue weighted by Gasteiger charge is 2.43. The molecule has 6 heteroatoms. The largest absolute Gasteiger partial charge is 0.367 e. The molecule has 2 aromatic carbocycles. The van der Waals surface area contributed by atoms with E-state index in [1.165, 1.54) is 11.1 Å². The minimum absolute atomic E-state index is 0.248. The van der Waals surface area contributed by atoms with Crippen LogP contribution in [0.15, 0.2) is 67.1 Å². The maximum atomic E-state index is 6.39. The van der Waals surface area contributed by atoms with Crippen molar-refractivity contribution in [3.05, 3.63) is 78.2 Å². The van der Waals surface area contributed by atoms with Gasteiger partial charge in [0, 0.05) is 6.54 Å². The molecule has 1 atom stereocenters. The quantitative estimate of drug-likeness (QED) is 0.530. The number of aryl methyl sites for hydroxylation is 1. The Morgan fingerprint density at radius 2 is 1.83 bits per heavy atom. The van der Waals surface area contributed by atoms with Crippen molar-refractivity contribution in [2.45, 2.75) is 18.4 Å². The molecule has 0 bridgehead atoms. The minimum Gasteiger partial charge on any atom is -0.367 e. The third kappa shape index (κ3) is 2.56. The van der Waals surface area contributed by atoms with E-state index < -0.39 is 0 Å². The van der Waals surface area contributed by atoms with Crippen LogP contribution in [0.1, 0.15) is 17.5 Å². The predicted molar refractivity (Wildman–Crippen MR) is 111 cm³/mol. The van der Waals surface area contributed by atoms with Crippen LogP contribution in [0.3, 0.4) is 0 Å². The fourth-order valence-corrected chi connectivity index (χ4v) is 4.78. The molecule has 6 rings (SSSR count). The molecule has 3 heterocycles. The highest BCUT2D eigenvalue weighted by molar-refractivity contribution is 5.87. The summed E-state index contributed by atoms with van der Waals surface area (Å²) in [4.78, 5) is 11.5. The van der Waals surface area contributed by atoms with Crippen molar-refractivity contribution < 1.29 is 4.74 Å². The summed E-state index contributed by atoms with van der Waals surface area (Å²) < 4.78 is 8.26. The molecule has 1 aliphatic heterocycles. The number of nitrogens with zero attached hydrogens (tertiary/aromatic N) is 5. The minimum atomic E-state index is -0.248. The molecule has 1 unspecified atom stereocenters. The smallest absolute Gasteiger partial charge is 0.168 e. The van der Waals surface area contributed by atoms with Gasteiger partial charge in [-0.25, -0.2) is 14.6 Å². The highest BCUT2D eigenvalue weighted by atomic mass is 16.5. The Hall–Kier alpha value is -3.25. The monoisotopic (exact) mass is 383 g/mol. The lowest BCUT2D eigenvalue weighted by Crippen LogP contribution is -2.49. The Balaban J connectivity index is 1.41. The third-order valence-corrected chi connectivity index (χ3v) is 6.14. The van der Waals surface area contributed by atoms with Crippen LogP contribution in [0.25, 0.3) is 16.7 Å². The van der Waals surface area contributed by atoms with Crippen molar-refractivity contribution in [3.63, 3.8) is 0 Å². The SMILES string of the molecule is c1ccc(-n2ncc3c(N4CCOC5(CCc6ccccc65)C4)ncnc32)cc1. The zero-order valence-electron chi connectivity index (χ0n) is 16.0. The average molecular weight is 383 g/mol. The molecule has 29 heavy (non-hydrogen) atoms. The number of hydrogen-bond acceptors (Lipinski definition) is 5. The molecule has 1 spiro atoms. The third-order valence-electron chi connectivity index (χ3n) is 6.14. The summed E-state index contributed by atoms with van der Waals surface area (Å²) in [6.07, 6.45) is 5.60. The fraction of sp³-hybridized carbons (Fsp3) is 0.261. The average Bonchev–Trinajstić information content (AvgIpc) is 3.37. The number of para-hydroxylation sites is 1. The Kier molecular flexibility index (Phi) is 3.67. The van der Waals surface area contributed by atoms with Gasteiger partial charge in [-0.1, -0.05) is 42.5 Å². The van der Waals surface area contributed by atoms with E-state index in [-0.39, 0.29) is 5.60 Å². The van der Waals surface area contributed by atoms with E-state index in [1.54, 1.807) is 6.33 Å². The van der Waals surface area contributed by atoms with Crippen molar-refractivity contribution in [1.82, 2.24) is 19.7 Å². The van der Waals surface area contributed by atoms with Gasteiger partial charge in [-0.05, 0) is 36.1 Å². The van der Waals surface area contributed by atoms with Gasteiger partial charge in [0.25, 0.3) is 0 Å². The summed E-state index contributed by atoms with van der Waals surface area (Å²) in [6, 6.07) is 18.8. The van der Waals surface area contributed by atoms with Crippen molar-refractivity contribution in [1.29, 1.82) is 0 Å². The lowest BCUT2D eigenvalue weighted by atomic mass is 9.93. The highest BCUT2D eigenvalue weighted by Crippen LogP contribution is 2.43. The van der Waals surface area contributed by atoms with Crippen molar-refractivity contribution in [3.8, 4) is 5.69 Å².